The van der Waals surface area contributed by atoms with Gasteiger partial charge in [0.15, 0.2) is 0 Å². The van der Waals surface area contributed by atoms with Gasteiger partial charge in [0.1, 0.15) is 17.3 Å². The molecule has 1 aromatic heterocycles. The molecule has 0 fully saturated rings. The van der Waals surface area contributed by atoms with Crippen molar-refractivity contribution in [3.8, 4) is 23.5 Å². The third-order valence-corrected chi connectivity index (χ3v) is 2.61. The first-order chi connectivity index (χ1) is 10.3. The maximum atomic E-state index is 5.60. The number of hydrogen-bond donors (Lipinski definition) is 0. The summed E-state index contributed by atoms with van der Waals surface area (Å²) in [5.41, 5.74) is 0. The van der Waals surface area contributed by atoms with Crippen molar-refractivity contribution in [2.45, 2.75) is 6.92 Å². The van der Waals surface area contributed by atoms with Crippen molar-refractivity contribution in [3.63, 3.8) is 0 Å². The Bertz CT molecular complexity index is 658. The van der Waals surface area contributed by atoms with E-state index >= 15 is 0 Å². The number of hydrogen-bond acceptors (Lipinski definition) is 5. The fraction of sp³-hybridized carbons (Fsp3) is 0.0625. The molecule has 0 amide bonds. The summed E-state index contributed by atoms with van der Waals surface area (Å²) in [6.07, 6.45) is 0. The Morgan fingerprint density at radius 3 is 1.48 bits per heavy atom. The maximum Gasteiger partial charge on any atom is 0.328 e. The van der Waals surface area contributed by atoms with Crippen LogP contribution in [0, 0.1) is 6.92 Å². The summed E-state index contributed by atoms with van der Waals surface area (Å²) in [5, 5.41) is 0. The van der Waals surface area contributed by atoms with Crippen LogP contribution in [0.5, 0.6) is 23.5 Å². The molecule has 0 saturated carbocycles. The lowest BCUT2D eigenvalue weighted by Crippen LogP contribution is -2.00. The zero-order valence-corrected chi connectivity index (χ0v) is 11.4. The van der Waals surface area contributed by atoms with Gasteiger partial charge in [0.2, 0.25) is 0 Å². The minimum atomic E-state index is 0.208. The highest BCUT2D eigenvalue weighted by atomic mass is 16.5. The molecule has 0 unspecified atom stereocenters. The molecule has 0 saturated heterocycles. The Balaban J connectivity index is 1.83. The average Bonchev–Trinajstić information content (AvgIpc) is 2.48. The Morgan fingerprint density at radius 2 is 1.05 bits per heavy atom. The molecule has 5 heteroatoms. The summed E-state index contributed by atoms with van der Waals surface area (Å²) >= 11 is 0. The van der Waals surface area contributed by atoms with Crippen molar-refractivity contribution in [3.05, 3.63) is 66.5 Å². The van der Waals surface area contributed by atoms with Crippen molar-refractivity contribution < 1.29 is 9.47 Å². The highest BCUT2D eigenvalue weighted by Gasteiger charge is 2.08. The highest BCUT2D eigenvalue weighted by molar-refractivity contribution is 5.26. The predicted octanol–water partition coefficient (Wildman–Crippen LogP) is 3.76. The first kappa shape index (κ1) is 13.1. The Kier molecular flexibility index (Phi) is 3.73. The van der Waals surface area contributed by atoms with E-state index in [2.05, 4.69) is 15.0 Å². The van der Waals surface area contributed by atoms with Gasteiger partial charge < -0.3 is 9.47 Å². The van der Waals surface area contributed by atoms with E-state index in [4.69, 9.17) is 9.47 Å². The van der Waals surface area contributed by atoms with Crippen LogP contribution in [0.25, 0.3) is 0 Å². The fourth-order valence-corrected chi connectivity index (χ4v) is 1.71. The van der Waals surface area contributed by atoms with E-state index in [9.17, 15) is 0 Å². The van der Waals surface area contributed by atoms with Gasteiger partial charge in [-0.3, -0.25) is 0 Å². The van der Waals surface area contributed by atoms with Crippen LogP contribution in [-0.4, -0.2) is 15.0 Å². The molecule has 0 radical (unpaired) electrons. The Hall–Kier alpha value is -2.95. The van der Waals surface area contributed by atoms with Crippen molar-refractivity contribution >= 4 is 0 Å². The van der Waals surface area contributed by atoms with Crippen molar-refractivity contribution in [2.75, 3.05) is 0 Å². The van der Waals surface area contributed by atoms with Gasteiger partial charge >= 0.3 is 12.0 Å². The Morgan fingerprint density at radius 1 is 0.619 bits per heavy atom. The molecule has 3 rings (SSSR count). The molecule has 21 heavy (non-hydrogen) atoms. The van der Waals surface area contributed by atoms with Crippen LogP contribution in [0.4, 0.5) is 0 Å². The molecule has 0 bridgehead atoms. The highest BCUT2D eigenvalue weighted by Crippen LogP contribution is 2.21. The molecule has 2 aromatic carbocycles. The minimum Gasteiger partial charge on any atom is -0.424 e. The summed E-state index contributed by atoms with van der Waals surface area (Å²) in [4.78, 5) is 12.5. The van der Waals surface area contributed by atoms with E-state index in [0.717, 1.165) is 0 Å². The molecule has 0 atom stereocenters. The molecular weight excluding hydrogens is 266 g/mol. The van der Waals surface area contributed by atoms with Crippen LogP contribution in [0.2, 0.25) is 0 Å². The van der Waals surface area contributed by atoms with Gasteiger partial charge in [-0.15, -0.1) is 4.98 Å². The monoisotopic (exact) mass is 279 g/mol. The summed E-state index contributed by atoms with van der Waals surface area (Å²) in [5.74, 6) is 1.85. The zero-order valence-electron chi connectivity index (χ0n) is 11.4. The van der Waals surface area contributed by atoms with Crippen LogP contribution in [-0.2, 0) is 0 Å². The lowest BCUT2D eigenvalue weighted by atomic mass is 10.3. The second-order valence-electron chi connectivity index (χ2n) is 4.28. The molecule has 0 N–H and O–H groups in total. The van der Waals surface area contributed by atoms with Crippen molar-refractivity contribution in [2.24, 2.45) is 0 Å². The van der Waals surface area contributed by atoms with Gasteiger partial charge in [-0.25, -0.2) is 0 Å². The smallest absolute Gasteiger partial charge is 0.328 e. The summed E-state index contributed by atoms with van der Waals surface area (Å²) in [7, 11) is 0. The SMILES string of the molecule is Cc1nc(Oc2ccccc2)nc(Oc2ccccc2)n1. The van der Waals surface area contributed by atoms with Gasteiger partial charge in [-0.05, 0) is 31.2 Å². The molecule has 104 valence electrons. The fourth-order valence-electron chi connectivity index (χ4n) is 1.71. The Labute approximate surface area is 122 Å². The topological polar surface area (TPSA) is 57.1 Å². The molecule has 0 aliphatic heterocycles. The van der Waals surface area contributed by atoms with E-state index in [1.165, 1.54) is 0 Å². The van der Waals surface area contributed by atoms with E-state index in [-0.39, 0.29) is 12.0 Å². The molecule has 0 spiro atoms. The molecule has 0 aliphatic rings. The van der Waals surface area contributed by atoms with E-state index < -0.39 is 0 Å². The van der Waals surface area contributed by atoms with Gasteiger partial charge in [0, 0.05) is 0 Å². The molecule has 5 nitrogen and oxygen atoms in total. The number of para-hydroxylation sites is 2. The minimum absolute atomic E-state index is 0.208. The molecule has 0 aliphatic carbocycles. The van der Waals surface area contributed by atoms with Crippen LogP contribution >= 0.6 is 0 Å². The van der Waals surface area contributed by atoms with Crippen LogP contribution in [0.1, 0.15) is 5.82 Å². The number of benzene rings is 2. The second-order valence-corrected chi connectivity index (χ2v) is 4.28. The first-order valence-electron chi connectivity index (χ1n) is 6.48. The van der Waals surface area contributed by atoms with E-state index in [1.54, 1.807) is 6.92 Å². The zero-order chi connectivity index (χ0) is 14.5. The van der Waals surface area contributed by atoms with Gasteiger partial charge in [-0.1, -0.05) is 36.4 Å². The first-order valence-corrected chi connectivity index (χ1v) is 6.48. The predicted molar refractivity (Wildman–Crippen MR) is 77.6 cm³/mol. The third-order valence-electron chi connectivity index (χ3n) is 2.61. The summed E-state index contributed by atoms with van der Waals surface area (Å²) in [6.45, 7) is 1.76. The third kappa shape index (κ3) is 3.54. The van der Waals surface area contributed by atoms with Crippen LogP contribution in [0.3, 0.4) is 0 Å². The number of aryl methyl sites for hydroxylation is 1. The van der Waals surface area contributed by atoms with Crippen LogP contribution < -0.4 is 9.47 Å². The second kappa shape index (κ2) is 6.00. The molecule has 3 aromatic rings. The standard InChI is InChI=1S/C16H13N3O2/c1-12-17-15(20-13-8-4-2-5-9-13)19-16(18-12)21-14-10-6-3-7-11-14/h2-11H,1H3. The largest absolute Gasteiger partial charge is 0.424 e. The summed E-state index contributed by atoms with van der Waals surface area (Å²) in [6, 6.07) is 19.1. The average molecular weight is 279 g/mol. The number of rotatable bonds is 4. The van der Waals surface area contributed by atoms with Gasteiger partial charge in [-0.2, -0.15) is 9.97 Å². The number of aromatic nitrogens is 3. The van der Waals surface area contributed by atoms with Gasteiger partial charge in [0.05, 0.1) is 0 Å². The number of ether oxygens (including phenoxy) is 2. The summed E-state index contributed by atoms with van der Waals surface area (Å²) < 4.78 is 11.2. The van der Waals surface area contributed by atoms with Crippen LogP contribution in [0.15, 0.2) is 60.7 Å². The van der Waals surface area contributed by atoms with Crippen molar-refractivity contribution in [1.82, 2.24) is 15.0 Å². The van der Waals surface area contributed by atoms with E-state index in [0.29, 0.717) is 17.3 Å². The maximum absolute atomic E-state index is 5.60. The van der Waals surface area contributed by atoms with Crippen molar-refractivity contribution in [1.29, 1.82) is 0 Å². The number of nitrogens with zero attached hydrogens (tertiary/aromatic N) is 3. The molecule has 1 heterocycles. The van der Waals surface area contributed by atoms with Gasteiger partial charge in [0.25, 0.3) is 0 Å². The lowest BCUT2D eigenvalue weighted by molar-refractivity contribution is 0.394. The quantitative estimate of drug-likeness (QED) is 0.727. The normalized spacial score (nSPS) is 10.1. The molecular formula is C16H13N3O2. The van der Waals surface area contributed by atoms with E-state index in [1.807, 2.05) is 60.7 Å². The lowest BCUT2D eigenvalue weighted by Gasteiger charge is -2.07.